The quantitative estimate of drug-likeness (QED) is 0.639. The Balaban J connectivity index is 1.92. The lowest BCUT2D eigenvalue weighted by Crippen LogP contribution is -2.54. The van der Waals surface area contributed by atoms with Crippen molar-refractivity contribution in [3.8, 4) is 0 Å². The van der Waals surface area contributed by atoms with Crippen molar-refractivity contribution in [2.45, 2.75) is 33.7 Å². The number of amides is 4. The fraction of sp³-hybridized carbons (Fsp3) is 0.542. The third-order valence-electron chi connectivity index (χ3n) is 6.17. The van der Waals surface area contributed by atoms with Gasteiger partial charge in [0.2, 0.25) is 0 Å². The van der Waals surface area contributed by atoms with E-state index in [-0.39, 0.29) is 18.7 Å². The van der Waals surface area contributed by atoms with Crippen LogP contribution in [-0.2, 0) is 9.53 Å². The standard InChI is InChI=1S/C24H35N5O4/c1-6-25-23(31)29-12-10-28(11-13-29)15-19-20(22(30)33-7-2)21(26-24(32)27(19)5)18-9-8-16(3)14-17(18)4/h8-9,14,21H,6-7,10-13,15H2,1-5H3,(H,25,31)(H,26,32)/t21-/m1/s1. The molecule has 1 fully saturated rings. The van der Waals surface area contributed by atoms with Gasteiger partial charge in [0.25, 0.3) is 0 Å². The molecule has 0 spiro atoms. The normalized spacial score (nSPS) is 19.4. The number of carbonyl (C=O) groups is 3. The Morgan fingerprint density at radius 3 is 2.45 bits per heavy atom. The number of esters is 1. The largest absolute Gasteiger partial charge is 0.463 e. The number of urea groups is 2. The second-order valence-corrected chi connectivity index (χ2v) is 8.48. The van der Waals surface area contributed by atoms with Crippen LogP contribution in [-0.4, -0.2) is 85.7 Å². The lowest BCUT2D eigenvalue weighted by atomic mass is 9.90. The Bertz CT molecular complexity index is 937. The Labute approximate surface area is 195 Å². The van der Waals surface area contributed by atoms with Gasteiger partial charge in [0.15, 0.2) is 0 Å². The van der Waals surface area contributed by atoms with Gasteiger partial charge in [-0.25, -0.2) is 14.4 Å². The second kappa shape index (κ2) is 10.7. The van der Waals surface area contributed by atoms with Gasteiger partial charge >= 0.3 is 18.0 Å². The number of hydrogen-bond acceptors (Lipinski definition) is 5. The summed E-state index contributed by atoms with van der Waals surface area (Å²) in [5, 5.41) is 5.81. The van der Waals surface area contributed by atoms with Crippen LogP contribution in [0.3, 0.4) is 0 Å². The molecule has 33 heavy (non-hydrogen) atoms. The maximum Gasteiger partial charge on any atom is 0.338 e. The molecule has 4 amide bonds. The van der Waals surface area contributed by atoms with Crippen molar-refractivity contribution in [1.82, 2.24) is 25.3 Å². The highest BCUT2D eigenvalue weighted by molar-refractivity contribution is 5.95. The number of nitrogens with zero attached hydrogens (tertiary/aromatic N) is 3. The minimum absolute atomic E-state index is 0.0624. The second-order valence-electron chi connectivity index (χ2n) is 8.48. The molecule has 2 aliphatic rings. The zero-order chi connectivity index (χ0) is 24.1. The van der Waals surface area contributed by atoms with Crippen LogP contribution >= 0.6 is 0 Å². The lowest BCUT2D eigenvalue weighted by molar-refractivity contribution is -0.139. The maximum atomic E-state index is 13.1. The van der Waals surface area contributed by atoms with Crippen molar-refractivity contribution in [1.29, 1.82) is 0 Å². The van der Waals surface area contributed by atoms with Crippen LogP contribution in [0.4, 0.5) is 9.59 Å². The van der Waals surface area contributed by atoms with Crippen molar-refractivity contribution in [3.05, 3.63) is 46.2 Å². The molecule has 1 saturated heterocycles. The molecule has 0 aromatic heterocycles. The number of nitrogens with one attached hydrogen (secondary N) is 2. The van der Waals surface area contributed by atoms with E-state index in [2.05, 4.69) is 15.5 Å². The van der Waals surface area contributed by atoms with E-state index in [1.165, 1.54) is 4.90 Å². The first-order valence-corrected chi connectivity index (χ1v) is 11.5. The molecule has 0 radical (unpaired) electrons. The molecular formula is C24H35N5O4. The number of piperazine rings is 1. The van der Waals surface area contributed by atoms with E-state index in [0.29, 0.717) is 50.5 Å². The molecule has 0 unspecified atom stereocenters. The van der Waals surface area contributed by atoms with Gasteiger partial charge in [0, 0.05) is 52.0 Å². The van der Waals surface area contributed by atoms with Gasteiger partial charge in [0.1, 0.15) is 0 Å². The van der Waals surface area contributed by atoms with Crippen molar-refractivity contribution >= 4 is 18.0 Å². The predicted molar refractivity (Wildman–Crippen MR) is 126 cm³/mol. The van der Waals surface area contributed by atoms with Gasteiger partial charge in [0.05, 0.1) is 18.2 Å². The molecule has 9 nitrogen and oxygen atoms in total. The Hall–Kier alpha value is -3.07. The van der Waals surface area contributed by atoms with Crippen molar-refractivity contribution < 1.29 is 19.1 Å². The zero-order valence-corrected chi connectivity index (χ0v) is 20.2. The fourth-order valence-corrected chi connectivity index (χ4v) is 4.36. The monoisotopic (exact) mass is 457 g/mol. The molecule has 0 aliphatic carbocycles. The van der Waals surface area contributed by atoms with Crippen LogP contribution in [0.2, 0.25) is 0 Å². The summed E-state index contributed by atoms with van der Waals surface area (Å²) in [5.74, 6) is -0.426. The van der Waals surface area contributed by atoms with Crippen molar-refractivity contribution in [3.63, 3.8) is 0 Å². The predicted octanol–water partition coefficient (Wildman–Crippen LogP) is 2.16. The van der Waals surface area contributed by atoms with Gasteiger partial charge < -0.3 is 20.3 Å². The highest BCUT2D eigenvalue weighted by Crippen LogP contribution is 2.33. The van der Waals surface area contributed by atoms with Gasteiger partial charge in [-0.1, -0.05) is 23.8 Å². The first-order chi connectivity index (χ1) is 15.8. The number of hydrogen-bond donors (Lipinski definition) is 2. The molecule has 0 bridgehead atoms. The minimum atomic E-state index is -0.583. The molecule has 1 aromatic carbocycles. The van der Waals surface area contributed by atoms with Crippen LogP contribution in [0.1, 0.15) is 36.6 Å². The van der Waals surface area contributed by atoms with Crippen LogP contribution in [0.25, 0.3) is 0 Å². The van der Waals surface area contributed by atoms with Crippen LogP contribution < -0.4 is 10.6 Å². The average molecular weight is 458 g/mol. The van der Waals surface area contributed by atoms with Crippen LogP contribution in [0, 0.1) is 13.8 Å². The number of likely N-dealkylation sites (N-methyl/N-ethyl adjacent to an activating group) is 1. The van der Waals surface area contributed by atoms with Crippen LogP contribution in [0.5, 0.6) is 0 Å². The average Bonchev–Trinajstić information content (AvgIpc) is 2.77. The van der Waals surface area contributed by atoms with Crippen molar-refractivity contribution in [2.24, 2.45) is 0 Å². The summed E-state index contributed by atoms with van der Waals surface area (Å²) in [6.07, 6.45) is 0. The SMILES string of the molecule is CCNC(=O)N1CCN(CC2=C(C(=O)OCC)[C@@H](c3ccc(C)cc3C)NC(=O)N2C)CC1. The summed E-state index contributed by atoms with van der Waals surface area (Å²) in [6.45, 7) is 11.4. The maximum absolute atomic E-state index is 13.1. The summed E-state index contributed by atoms with van der Waals surface area (Å²) < 4.78 is 5.42. The molecule has 0 saturated carbocycles. The molecule has 2 N–H and O–H groups in total. The molecular weight excluding hydrogens is 422 g/mol. The summed E-state index contributed by atoms with van der Waals surface area (Å²) in [6, 6.07) is 5.08. The van der Waals surface area contributed by atoms with Gasteiger partial charge in [-0.3, -0.25) is 9.80 Å². The van der Waals surface area contributed by atoms with E-state index in [0.717, 1.165) is 16.7 Å². The third kappa shape index (κ3) is 5.47. The molecule has 9 heteroatoms. The van der Waals surface area contributed by atoms with E-state index >= 15 is 0 Å². The zero-order valence-electron chi connectivity index (χ0n) is 20.2. The van der Waals surface area contributed by atoms with E-state index in [9.17, 15) is 14.4 Å². The Kier molecular flexibility index (Phi) is 7.97. The Morgan fingerprint density at radius 2 is 1.85 bits per heavy atom. The summed E-state index contributed by atoms with van der Waals surface area (Å²) in [7, 11) is 1.67. The highest BCUT2D eigenvalue weighted by Gasteiger charge is 2.38. The summed E-state index contributed by atoms with van der Waals surface area (Å²) in [5.41, 5.74) is 4.08. The molecule has 3 rings (SSSR count). The lowest BCUT2D eigenvalue weighted by Gasteiger charge is -2.39. The molecule has 2 heterocycles. The topological polar surface area (TPSA) is 94.2 Å². The first-order valence-electron chi connectivity index (χ1n) is 11.5. The van der Waals surface area contributed by atoms with E-state index in [1.807, 2.05) is 39.0 Å². The van der Waals surface area contributed by atoms with Gasteiger partial charge in [-0.2, -0.15) is 0 Å². The van der Waals surface area contributed by atoms with Gasteiger partial charge in [-0.15, -0.1) is 0 Å². The van der Waals surface area contributed by atoms with Crippen molar-refractivity contribution in [2.75, 3.05) is 52.9 Å². The van der Waals surface area contributed by atoms with E-state index in [4.69, 9.17) is 4.74 Å². The minimum Gasteiger partial charge on any atom is -0.463 e. The smallest absolute Gasteiger partial charge is 0.338 e. The molecule has 1 atom stereocenters. The molecule has 2 aliphatic heterocycles. The third-order valence-corrected chi connectivity index (χ3v) is 6.17. The number of carbonyl (C=O) groups excluding carboxylic acids is 3. The first kappa shape index (κ1) is 24.6. The number of rotatable bonds is 6. The molecule has 1 aromatic rings. The summed E-state index contributed by atoms with van der Waals surface area (Å²) >= 11 is 0. The number of ether oxygens (including phenoxy) is 1. The fourth-order valence-electron chi connectivity index (χ4n) is 4.36. The number of benzene rings is 1. The summed E-state index contributed by atoms with van der Waals surface area (Å²) in [4.78, 5) is 43.6. The van der Waals surface area contributed by atoms with Gasteiger partial charge in [-0.05, 0) is 38.8 Å². The highest BCUT2D eigenvalue weighted by atomic mass is 16.5. The number of aryl methyl sites for hydroxylation is 2. The van der Waals surface area contributed by atoms with E-state index in [1.54, 1.807) is 18.9 Å². The van der Waals surface area contributed by atoms with Crippen LogP contribution in [0.15, 0.2) is 29.5 Å². The molecule has 180 valence electrons. The van der Waals surface area contributed by atoms with E-state index < -0.39 is 12.0 Å². The Morgan fingerprint density at radius 1 is 1.15 bits per heavy atom.